The number of hydrogen-bond donors (Lipinski definition) is 3. The van der Waals surface area contributed by atoms with Crippen molar-refractivity contribution in [1.82, 2.24) is 19.8 Å². The van der Waals surface area contributed by atoms with Crippen LogP contribution in [0, 0.1) is 0 Å². The first kappa shape index (κ1) is 27.6. The number of nitrogens with zero attached hydrogens (tertiary/aromatic N) is 4. The Morgan fingerprint density at radius 1 is 1.11 bits per heavy atom. The Labute approximate surface area is 222 Å². The van der Waals surface area contributed by atoms with E-state index in [0.717, 1.165) is 5.56 Å². The second-order valence-electron chi connectivity index (χ2n) is 9.58. The quantitative estimate of drug-likeness (QED) is 0.353. The number of benzene rings is 2. The number of piperidine rings is 1. The molecule has 204 valence electrons. The van der Waals surface area contributed by atoms with E-state index in [4.69, 9.17) is 4.74 Å². The average molecular weight is 543 g/mol. The predicted octanol–water partition coefficient (Wildman–Crippen LogP) is 2.56. The Bertz CT molecular complexity index is 1390. The molecule has 0 spiro atoms. The number of rotatable bonds is 10. The van der Waals surface area contributed by atoms with Gasteiger partial charge < -0.3 is 25.0 Å². The largest absolute Gasteiger partial charge is 0.508 e. The van der Waals surface area contributed by atoms with Gasteiger partial charge in [-0.25, -0.2) is 18.4 Å². The fourth-order valence-electron chi connectivity index (χ4n) is 4.40. The molecule has 0 saturated carbocycles. The van der Waals surface area contributed by atoms with E-state index in [-0.39, 0.29) is 23.3 Å². The molecule has 4 rings (SSSR count). The van der Waals surface area contributed by atoms with Crippen LogP contribution in [0.15, 0.2) is 42.5 Å². The molecule has 1 amide bonds. The van der Waals surface area contributed by atoms with E-state index < -0.39 is 15.3 Å². The number of phenolic OH excluding ortho intramolecular Hbond substituents is 1. The van der Waals surface area contributed by atoms with Crippen LogP contribution in [0.4, 0.5) is 17.3 Å². The molecule has 3 N–H and O–H groups in total. The number of likely N-dealkylation sites (tertiary alicyclic amines) is 1. The summed E-state index contributed by atoms with van der Waals surface area (Å²) in [5.41, 5.74) is 2.56. The van der Waals surface area contributed by atoms with Crippen LogP contribution in [0.25, 0.3) is 11.0 Å². The van der Waals surface area contributed by atoms with Gasteiger partial charge in [0.25, 0.3) is 0 Å². The minimum atomic E-state index is -3.83. The number of ether oxygens (including phenoxy) is 1. The van der Waals surface area contributed by atoms with Gasteiger partial charge in [-0.2, -0.15) is 0 Å². The number of likely N-dealkylation sites (N-methyl/N-ethyl adjacent to an activating group) is 1. The number of fused-ring (bicyclic) bond motifs is 1. The number of methoxy groups -OCH3 is 1. The van der Waals surface area contributed by atoms with Crippen molar-refractivity contribution in [2.75, 3.05) is 57.5 Å². The Kier molecular flexibility index (Phi) is 8.65. The number of carbonyl (C=O) groups is 1. The Morgan fingerprint density at radius 2 is 1.76 bits per heavy atom. The summed E-state index contributed by atoms with van der Waals surface area (Å²) >= 11 is 0. The van der Waals surface area contributed by atoms with E-state index >= 15 is 0 Å². The topological polar surface area (TPSA) is 137 Å². The van der Waals surface area contributed by atoms with Gasteiger partial charge in [0, 0.05) is 32.0 Å². The summed E-state index contributed by atoms with van der Waals surface area (Å²) in [5, 5.41) is 12.6. The van der Waals surface area contributed by atoms with Crippen LogP contribution in [-0.4, -0.2) is 91.9 Å². The van der Waals surface area contributed by atoms with Crippen molar-refractivity contribution >= 4 is 44.3 Å². The molecule has 11 nitrogen and oxygen atoms in total. The number of para-hydroxylation sites is 2. The van der Waals surface area contributed by atoms with Gasteiger partial charge in [0.1, 0.15) is 5.75 Å². The summed E-state index contributed by atoms with van der Waals surface area (Å²) in [5.74, 6) is 0.326. The Hall–Kier alpha value is -3.48. The van der Waals surface area contributed by atoms with Gasteiger partial charge in [-0.15, -0.1) is 0 Å². The highest BCUT2D eigenvalue weighted by Gasteiger charge is 2.32. The number of amides is 1. The van der Waals surface area contributed by atoms with E-state index in [1.54, 1.807) is 53.3 Å². The van der Waals surface area contributed by atoms with Crippen LogP contribution < -0.4 is 10.0 Å². The number of aromatic nitrogens is 2. The molecule has 2 heterocycles. The van der Waals surface area contributed by atoms with Crippen molar-refractivity contribution in [3.8, 4) is 5.75 Å². The van der Waals surface area contributed by atoms with E-state index in [2.05, 4.69) is 20.0 Å². The minimum absolute atomic E-state index is 0.0129. The zero-order chi connectivity index (χ0) is 27.3. The highest BCUT2D eigenvalue weighted by Crippen LogP contribution is 2.31. The van der Waals surface area contributed by atoms with Gasteiger partial charge in [-0.05, 0) is 57.1 Å². The lowest BCUT2D eigenvalue weighted by atomic mass is 10.1. The molecule has 0 bridgehead atoms. The summed E-state index contributed by atoms with van der Waals surface area (Å²) in [7, 11) is 1.43. The van der Waals surface area contributed by atoms with Gasteiger partial charge in [0.05, 0.1) is 29.4 Å². The number of anilines is 3. The molecule has 0 aliphatic carbocycles. The van der Waals surface area contributed by atoms with E-state index in [1.807, 2.05) is 20.2 Å². The van der Waals surface area contributed by atoms with Crippen molar-refractivity contribution in [1.29, 1.82) is 0 Å². The normalized spacial score (nSPS) is 14.7. The lowest BCUT2D eigenvalue weighted by molar-refractivity contribution is -0.132. The van der Waals surface area contributed by atoms with Crippen LogP contribution >= 0.6 is 0 Å². The highest BCUT2D eigenvalue weighted by molar-refractivity contribution is 7.93. The van der Waals surface area contributed by atoms with Crippen LogP contribution in [0.3, 0.4) is 0 Å². The molecule has 1 aromatic heterocycles. The summed E-state index contributed by atoms with van der Waals surface area (Å²) in [4.78, 5) is 25.1. The van der Waals surface area contributed by atoms with Crippen LogP contribution in [0.2, 0.25) is 0 Å². The fraction of sp³-hybridized carbons (Fsp3) is 0.423. The van der Waals surface area contributed by atoms with Crippen LogP contribution in [0.1, 0.15) is 18.4 Å². The van der Waals surface area contributed by atoms with E-state index in [0.29, 0.717) is 62.2 Å². The molecule has 1 saturated heterocycles. The summed E-state index contributed by atoms with van der Waals surface area (Å²) < 4.78 is 34.7. The molecule has 2 aromatic carbocycles. The monoisotopic (exact) mass is 542 g/mol. The van der Waals surface area contributed by atoms with Gasteiger partial charge in [0.2, 0.25) is 15.9 Å². The molecule has 3 aromatic rings. The molecule has 1 aliphatic heterocycles. The third kappa shape index (κ3) is 6.69. The van der Waals surface area contributed by atoms with Crippen LogP contribution in [0.5, 0.6) is 5.75 Å². The third-order valence-corrected chi connectivity index (χ3v) is 8.24. The smallest absolute Gasteiger partial charge is 0.237 e. The number of nitrogens with one attached hydrogen (secondary N) is 2. The maximum absolute atomic E-state index is 13.4. The first-order chi connectivity index (χ1) is 18.2. The van der Waals surface area contributed by atoms with Crippen LogP contribution in [-0.2, 0) is 26.0 Å². The van der Waals surface area contributed by atoms with Gasteiger partial charge in [-0.1, -0.05) is 18.2 Å². The lowest BCUT2D eigenvalue weighted by Gasteiger charge is -2.32. The average Bonchev–Trinajstić information content (AvgIpc) is 2.88. The van der Waals surface area contributed by atoms with Gasteiger partial charge in [0.15, 0.2) is 11.6 Å². The first-order valence-corrected chi connectivity index (χ1v) is 14.0. The predicted molar refractivity (Wildman–Crippen MR) is 147 cm³/mol. The molecule has 0 atom stereocenters. The maximum atomic E-state index is 13.4. The molecule has 0 unspecified atom stereocenters. The third-order valence-electron chi connectivity index (χ3n) is 6.42. The molecule has 12 heteroatoms. The number of carbonyl (C=O) groups excluding carboxylic acids is 1. The van der Waals surface area contributed by atoms with Gasteiger partial charge >= 0.3 is 0 Å². The number of phenols is 1. The molecular weight excluding hydrogens is 508 g/mol. The second-order valence-corrected chi connectivity index (χ2v) is 11.5. The maximum Gasteiger partial charge on any atom is 0.237 e. The minimum Gasteiger partial charge on any atom is -0.508 e. The first-order valence-electron chi connectivity index (χ1n) is 12.4. The number of aromatic hydroxyl groups is 1. The lowest BCUT2D eigenvalue weighted by Crippen LogP contribution is -2.46. The van der Waals surface area contributed by atoms with Gasteiger partial charge in [-0.3, -0.25) is 9.52 Å². The zero-order valence-corrected chi connectivity index (χ0v) is 22.7. The highest BCUT2D eigenvalue weighted by atomic mass is 32.2. The molecule has 1 fully saturated rings. The molecule has 0 radical (unpaired) electrons. The van der Waals surface area contributed by atoms with Crippen molar-refractivity contribution in [3.63, 3.8) is 0 Å². The molecular formula is C26H34N6O5S. The fourth-order valence-corrected chi connectivity index (χ4v) is 5.81. The molecule has 1 aliphatic rings. The van der Waals surface area contributed by atoms with E-state index in [9.17, 15) is 18.3 Å². The van der Waals surface area contributed by atoms with Crippen molar-refractivity contribution in [2.24, 2.45) is 0 Å². The molecule has 38 heavy (non-hydrogen) atoms. The SMILES string of the molecule is COCCc1ccc(O)cc1Nc1nc2ccccc2nc1NS(=O)(=O)C1CCN(C(=O)CN(C)C)CC1. The van der Waals surface area contributed by atoms with Crippen molar-refractivity contribution < 1.29 is 23.1 Å². The number of hydrogen-bond acceptors (Lipinski definition) is 9. The second kappa shape index (κ2) is 11.9. The Balaban J connectivity index is 1.60. The number of sulfonamides is 1. The Morgan fingerprint density at radius 3 is 2.39 bits per heavy atom. The summed E-state index contributed by atoms with van der Waals surface area (Å²) in [6.07, 6.45) is 1.23. The summed E-state index contributed by atoms with van der Waals surface area (Å²) in [6, 6.07) is 12.1. The summed E-state index contributed by atoms with van der Waals surface area (Å²) in [6.45, 7) is 1.51. The van der Waals surface area contributed by atoms with Crippen molar-refractivity contribution in [3.05, 3.63) is 48.0 Å². The standard InChI is InChI=1S/C26H34N6O5S/c1-31(2)17-24(34)32-13-10-20(11-14-32)38(35,36)30-26-25(27-21-6-4-5-7-22(21)28-26)29-23-16-19(33)9-8-18(23)12-15-37-3/h4-9,16,20,33H,10-15,17H2,1-3H3,(H,27,29)(H,28,30). The van der Waals surface area contributed by atoms with Crippen molar-refractivity contribution in [2.45, 2.75) is 24.5 Å². The van der Waals surface area contributed by atoms with E-state index in [1.165, 1.54) is 0 Å². The zero-order valence-electron chi connectivity index (χ0n) is 21.8.